The number of carbonyl (C=O) groups is 1. The van der Waals surface area contributed by atoms with E-state index in [2.05, 4.69) is 19.9 Å². The molecule has 0 aromatic heterocycles. The van der Waals surface area contributed by atoms with Gasteiger partial charge in [-0.05, 0) is 11.8 Å². The van der Waals surface area contributed by atoms with Crippen LogP contribution in [0.25, 0.3) is 0 Å². The lowest BCUT2D eigenvalue weighted by Crippen LogP contribution is -2.31. The van der Waals surface area contributed by atoms with Crippen LogP contribution in [0.5, 0.6) is 0 Å². The molecule has 0 saturated heterocycles. The van der Waals surface area contributed by atoms with Gasteiger partial charge in [0.05, 0.1) is 0 Å². The van der Waals surface area contributed by atoms with E-state index in [0.29, 0.717) is 0 Å². The maximum absolute atomic E-state index is 10.9. The second kappa shape index (κ2) is 2.68. The molecule has 1 amide bonds. The lowest BCUT2D eigenvalue weighted by molar-refractivity contribution is -0.126. The third-order valence-electron chi connectivity index (χ3n) is 2.11. The maximum atomic E-state index is 10.9. The first-order chi connectivity index (χ1) is 5.01. The van der Waals surface area contributed by atoms with Crippen LogP contribution < -0.4 is 0 Å². The lowest BCUT2D eigenvalue weighted by Gasteiger charge is -2.30. The summed E-state index contributed by atoms with van der Waals surface area (Å²) in [7, 11) is 0. The van der Waals surface area contributed by atoms with Gasteiger partial charge in [-0.2, -0.15) is 0 Å². The van der Waals surface area contributed by atoms with Crippen LogP contribution in [0.2, 0.25) is 0 Å². The third kappa shape index (κ3) is 2.07. The molecule has 62 valence electrons. The minimum atomic E-state index is 0.136. The second-order valence-corrected chi connectivity index (χ2v) is 3.77. The number of allylic oxidation sites excluding steroid dienone is 1. The zero-order valence-electron chi connectivity index (χ0n) is 7.42. The molecule has 0 aromatic rings. The third-order valence-corrected chi connectivity index (χ3v) is 2.11. The summed E-state index contributed by atoms with van der Waals surface area (Å²) >= 11 is 0. The summed E-state index contributed by atoms with van der Waals surface area (Å²) in [5.41, 5.74) is 0.270. The summed E-state index contributed by atoms with van der Waals surface area (Å²) in [6, 6.07) is 0. The number of hydrogen-bond acceptors (Lipinski definition) is 1. The highest BCUT2D eigenvalue weighted by Crippen LogP contribution is 2.26. The summed E-state index contributed by atoms with van der Waals surface area (Å²) in [6.45, 7) is 6.82. The number of hydrogen-bond donors (Lipinski definition) is 0. The highest BCUT2D eigenvalue weighted by Gasteiger charge is 2.20. The minimum absolute atomic E-state index is 0.136. The summed E-state index contributed by atoms with van der Waals surface area (Å²) in [5, 5.41) is 0. The topological polar surface area (TPSA) is 20.3 Å². The van der Waals surface area contributed by atoms with E-state index in [1.807, 2.05) is 6.20 Å². The van der Waals surface area contributed by atoms with Gasteiger partial charge in [-0.15, -0.1) is 0 Å². The first-order valence-electron chi connectivity index (χ1n) is 3.98. The standard InChI is InChI=1S/C9H15NO/c1-8(11)10-6-4-9(2,3)5-7-10/h4,6H,5,7H2,1-3H3. The second-order valence-electron chi connectivity index (χ2n) is 3.77. The average molecular weight is 153 g/mol. The molecule has 0 saturated carbocycles. The fourth-order valence-electron chi connectivity index (χ4n) is 1.12. The molecule has 11 heavy (non-hydrogen) atoms. The predicted molar refractivity (Wildman–Crippen MR) is 44.9 cm³/mol. The molecule has 0 unspecified atom stereocenters. The van der Waals surface area contributed by atoms with Crippen molar-refractivity contribution in [2.75, 3.05) is 6.54 Å². The Hall–Kier alpha value is -0.790. The molecular weight excluding hydrogens is 138 g/mol. The van der Waals surface area contributed by atoms with Gasteiger partial charge in [-0.1, -0.05) is 19.9 Å². The van der Waals surface area contributed by atoms with Gasteiger partial charge in [0, 0.05) is 19.7 Å². The van der Waals surface area contributed by atoms with Gasteiger partial charge in [0.1, 0.15) is 0 Å². The molecule has 0 atom stereocenters. The zero-order valence-corrected chi connectivity index (χ0v) is 7.42. The van der Waals surface area contributed by atoms with E-state index in [1.54, 1.807) is 11.8 Å². The van der Waals surface area contributed by atoms with Gasteiger partial charge in [0.2, 0.25) is 5.91 Å². The number of carbonyl (C=O) groups excluding carboxylic acids is 1. The van der Waals surface area contributed by atoms with Crippen LogP contribution in [0.4, 0.5) is 0 Å². The van der Waals surface area contributed by atoms with Crippen molar-refractivity contribution in [1.29, 1.82) is 0 Å². The molecule has 2 nitrogen and oxygen atoms in total. The van der Waals surface area contributed by atoms with E-state index >= 15 is 0 Å². The SMILES string of the molecule is CC(=O)N1C=CC(C)(C)CC1. The number of rotatable bonds is 0. The number of amides is 1. The quantitative estimate of drug-likeness (QED) is 0.519. The Morgan fingerprint density at radius 2 is 2.18 bits per heavy atom. The van der Waals surface area contributed by atoms with Gasteiger partial charge in [-0.25, -0.2) is 0 Å². The molecule has 1 rings (SSSR count). The lowest BCUT2D eigenvalue weighted by atomic mass is 9.87. The molecule has 1 aliphatic heterocycles. The Morgan fingerprint density at radius 1 is 1.55 bits per heavy atom. The average Bonchev–Trinajstić information content (AvgIpc) is 1.86. The first kappa shape index (κ1) is 8.31. The minimum Gasteiger partial charge on any atom is -0.320 e. The fourth-order valence-corrected chi connectivity index (χ4v) is 1.12. The van der Waals surface area contributed by atoms with Gasteiger partial charge < -0.3 is 4.90 Å². The highest BCUT2D eigenvalue weighted by molar-refractivity contribution is 5.74. The molecule has 0 aliphatic carbocycles. The van der Waals surface area contributed by atoms with E-state index in [4.69, 9.17) is 0 Å². The summed E-state index contributed by atoms with van der Waals surface area (Å²) < 4.78 is 0. The van der Waals surface area contributed by atoms with Crippen molar-refractivity contribution >= 4 is 5.91 Å². The monoisotopic (exact) mass is 153 g/mol. The van der Waals surface area contributed by atoms with Crippen molar-refractivity contribution < 1.29 is 4.79 Å². The van der Waals surface area contributed by atoms with Crippen LogP contribution in [-0.4, -0.2) is 17.4 Å². The molecule has 0 spiro atoms. The Balaban J connectivity index is 2.63. The Morgan fingerprint density at radius 3 is 2.55 bits per heavy atom. The van der Waals surface area contributed by atoms with E-state index < -0.39 is 0 Å². The largest absolute Gasteiger partial charge is 0.320 e. The predicted octanol–water partition coefficient (Wildman–Crippen LogP) is 1.78. The van der Waals surface area contributed by atoms with E-state index in [9.17, 15) is 4.79 Å². The molecule has 1 heterocycles. The molecular formula is C9H15NO. The van der Waals surface area contributed by atoms with E-state index in [-0.39, 0.29) is 11.3 Å². The summed E-state index contributed by atoms with van der Waals surface area (Å²) in [4.78, 5) is 12.6. The fraction of sp³-hybridized carbons (Fsp3) is 0.667. The van der Waals surface area contributed by atoms with Gasteiger partial charge in [0.25, 0.3) is 0 Å². The molecule has 0 aromatic carbocycles. The maximum Gasteiger partial charge on any atom is 0.223 e. The Kier molecular flexibility index (Phi) is 2.03. The molecule has 0 bridgehead atoms. The molecule has 1 aliphatic rings. The van der Waals surface area contributed by atoms with Crippen LogP contribution in [0, 0.1) is 5.41 Å². The Labute approximate surface area is 67.9 Å². The molecule has 0 radical (unpaired) electrons. The smallest absolute Gasteiger partial charge is 0.223 e. The summed E-state index contributed by atoms with van der Waals surface area (Å²) in [5.74, 6) is 0.136. The van der Waals surface area contributed by atoms with Crippen LogP contribution in [-0.2, 0) is 4.79 Å². The molecule has 0 N–H and O–H groups in total. The normalized spacial score (nSPS) is 21.9. The molecule has 2 heteroatoms. The van der Waals surface area contributed by atoms with Crippen molar-refractivity contribution in [2.45, 2.75) is 27.2 Å². The Bertz CT molecular complexity index is 194. The van der Waals surface area contributed by atoms with Crippen molar-refractivity contribution in [3.8, 4) is 0 Å². The van der Waals surface area contributed by atoms with Crippen molar-refractivity contribution in [2.24, 2.45) is 5.41 Å². The zero-order chi connectivity index (χ0) is 8.48. The summed E-state index contributed by atoms with van der Waals surface area (Å²) in [6.07, 6.45) is 5.05. The molecule has 0 fully saturated rings. The van der Waals surface area contributed by atoms with Crippen molar-refractivity contribution in [3.05, 3.63) is 12.3 Å². The van der Waals surface area contributed by atoms with Crippen LogP contribution >= 0.6 is 0 Å². The van der Waals surface area contributed by atoms with E-state index in [1.165, 1.54) is 0 Å². The van der Waals surface area contributed by atoms with Crippen molar-refractivity contribution in [1.82, 2.24) is 4.90 Å². The van der Waals surface area contributed by atoms with Crippen LogP contribution in [0.15, 0.2) is 12.3 Å². The van der Waals surface area contributed by atoms with Gasteiger partial charge >= 0.3 is 0 Å². The van der Waals surface area contributed by atoms with Crippen LogP contribution in [0.3, 0.4) is 0 Å². The van der Waals surface area contributed by atoms with Crippen LogP contribution in [0.1, 0.15) is 27.2 Å². The van der Waals surface area contributed by atoms with E-state index in [0.717, 1.165) is 13.0 Å². The van der Waals surface area contributed by atoms with Crippen molar-refractivity contribution in [3.63, 3.8) is 0 Å². The van der Waals surface area contributed by atoms with Gasteiger partial charge in [0.15, 0.2) is 0 Å². The highest BCUT2D eigenvalue weighted by atomic mass is 16.2. The van der Waals surface area contributed by atoms with Gasteiger partial charge in [-0.3, -0.25) is 4.79 Å². The first-order valence-corrected chi connectivity index (χ1v) is 3.98. The number of nitrogens with zero attached hydrogens (tertiary/aromatic N) is 1.